The lowest BCUT2D eigenvalue weighted by atomic mass is 9.96. The molecule has 0 aliphatic carbocycles. The van der Waals surface area contributed by atoms with Gasteiger partial charge in [0.15, 0.2) is 0 Å². The van der Waals surface area contributed by atoms with Gasteiger partial charge < -0.3 is 11.5 Å². The Kier molecular flexibility index (Phi) is 2.93. The topological polar surface area (TPSA) is 52.0 Å². The van der Waals surface area contributed by atoms with Crippen molar-refractivity contribution in [3.8, 4) is 0 Å². The Labute approximate surface area is 95.9 Å². The first kappa shape index (κ1) is 10.7. The fourth-order valence-electron chi connectivity index (χ4n) is 1.82. The van der Waals surface area contributed by atoms with Crippen molar-refractivity contribution < 1.29 is 0 Å². The van der Waals surface area contributed by atoms with Crippen LogP contribution in [-0.2, 0) is 0 Å². The van der Waals surface area contributed by atoms with Gasteiger partial charge in [0.05, 0.1) is 6.04 Å². The van der Waals surface area contributed by atoms with Crippen molar-refractivity contribution in [2.45, 2.75) is 13.0 Å². The van der Waals surface area contributed by atoms with Gasteiger partial charge in [0.1, 0.15) is 0 Å². The van der Waals surface area contributed by atoms with E-state index in [9.17, 15) is 0 Å². The molecule has 0 spiro atoms. The van der Waals surface area contributed by atoms with Gasteiger partial charge in [-0.1, -0.05) is 36.4 Å². The van der Waals surface area contributed by atoms with Gasteiger partial charge in [-0.15, -0.1) is 0 Å². The largest absolute Gasteiger partial charge is 0.399 e. The number of nitrogens with two attached hydrogens (primary N) is 2. The molecular weight excluding hydrogens is 196 g/mol. The van der Waals surface area contributed by atoms with E-state index in [1.54, 1.807) is 0 Å². The number of hydrogen-bond acceptors (Lipinski definition) is 2. The van der Waals surface area contributed by atoms with Crippen molar-refractivity contribution in [3.05, 3.63) is 65.2 Å². The van der Waals surface area contributed by atoms with Gasteiger partial charge in [0.25, 0.3) is 0 Å². The quantitative estimate of drug-likeness (QED) is 0.752. The zero-order chi connectivity index (χ0) is 11.5. The average Bonchev–Trinajstić information content (AvgIpc) is 2.30. The van der Waals surface area contributed by atoms with Crippen LogP contribution in [0.4, 0.5) is 5.69 Å². The molecule has 0 saturated carbocycles. The minimum Gasteiger partial charge on any atom is -0.399 e. The number of hydrogen-bond donors (Lipinski definition) is 2. The zero-order valence-electron chi connectivity index (χ0n) is 9.35. The third kappa shape index (κ3) is 2.07. The summed E-state index contributed by atoms with van der Waals surface area (Å²) in [4.78, 5) is 0. The first-order chi connectivity index (χ1) is 7.68. The fraction of sp³-hybridized carbons (Fsp3) is 0.143. The highest BCUT2D eigenvalue weighted by molar-refractivity contribution is 5.43. The Balaban J connectivity index is 2.35. The van der Waals surface area contributed by atoms with Crippen LogP contribution in [0.3, 0.4) is 0 Å². The van der Waals surface area contributed by atoms with Crippen molar-refractivity contribution in [1.29, 1.82) is 0 Å². The molecule has 0 aliphatic rings. The van der Waals surface area contributed by atoms with Crippen molar-refractivity contribution >= 4 is 5.69 Å². The summed E-state index contributed by atoms with van der Waals surface area (Å²) in [5.41, 5.74) is 16.1. The first-order valence-corrected chi connectivity index (χ1v) is 5.35. The number of rotatable bonds is 2. The molecule has 2 nitrogen and oxygen atoms in total. The molecule has 0 amide bonds. The summed E-state index contributed by atoms with van der Waals surface area (Å²) in [7, 11) is 0. The van der Waals surface area contributed by atoms with Crippen LogP contribution in [0.5, 0.6) is 0 Å². The highest BCUT2D eigenvalue weighted by Crippen LogP contribution is 2.22. The molecule has 1 unspecified atom stereocenters. The van der Waals surface area contributed by atoms with E-state index in [1.165, 1.54) is 5.56 Å². The molecule has 82 valence electrons. The second-order valence-electron chi connectivity index (χ2n) is 4.00. The maximum absolute atomic E-state index is 6.23. The number of anilines is 1. The molecule has 2 aromatic carbocycles. The van der Waals surface area contributed by atoms with Gasteiger partial charge in [-0.25, -0.2) is 0 Å². The van der Waals surface area contributed by atoms with Crippen LogP contribution in [-0.4, -0.2) is 0 Å². The molecule has 2 heteroatoms. The predicted octanol–water partition coefficient (Wildman–Crippen LogP) is 2.63. The van der Waals surface area contributed by atoms with Crippen LogP contribution in [0.15, 0.2) is 48.5 Å². The SMILES string of the molecule is Cc1ccccc1C(N)c1ccc(N)cc1. The van der Waals surface area contributed by atoms with Crippen LogP contribution in [0, 0.1) is 6.92 Å². The summed E-state index contributed by atoms with van der Waals surface area (Å²) in [6, 6.07) is 15.8. The van der Waals surface area contributed by atoms with E-state index in [4.69, 9.17) is 11.5 Å². The lowest BCUT2D eigenvalue weighted by Crippen LogP contribution is -2.13. The van der Waals surface area contributed by atoms with Crippen molar-refractivity contribution in [3.63, 3.8) is 0 Å². The van der Waals surface area contributed by atoms with E-state index in [2.05, 4.69) is 19.1 Å². The molecular formula is C14H16N2. The third-order valence-electron chi connectivity index (χ3n) is 2.82. The van der Waals surface area contributed by atoms with Crippen LogP contribution in [0.2, 0.25) is 0 Å². The molecule has 1 atom stereocenters. The smallest absolute Gasteiger partial charge is 0.0554 e. The van der Waals surface area contributed by atoms with E-state index in [0.29, 0.717) is 0 Å². The van der Waals surface area contributed by atoms with E-state index in [0.717, 1.165) is 16.8 Å². The second kappa shape index (κ2) is 4.37. The summed E-state index contributed by atoms with van der Waals surface area (Å²) < 4.78 is 0. The van der Waals surface area contributed by atoms with Crippen LogP contribution in [0.1, 0.15) is 22.7 Å². The predicted molar refractivity (Wildman–Crippen MR) is 68.1 cm³/mol. The van der Waals surface area contributed by atoms with Crippen LogP contribution in [0.25, 0.3) is 0 Å². The average molecular weight is 212 g/mol. The zero-order valence-corrected chi connectivity index (χ0v) is 9.35. The maximum atomic E-state index is 6.23. The molecule has 0 heterocycles. The Morgan fingerprint density at radius 3 is 2.19 bits per heavy atom. The van der Waals surface area contributed by atoms with Gasteiger partial charge >= 0.3 is 0 Å². The Morgan fingerprint density at radius 2 is 1.56 bits per heavy atom. The van der Waals surface area contributed by atoms with Gasteiger partial charge in [-0.3, -0.25) is 0 Å². The molecule has 0 radical (unpaired) electrons. The minimum atomic E-state index is -0.0817. The van der Waals surface area contributed by atoms with E-state index < -0.39 is 0 Å². The molecule has 0 saturated heterocycles. The molecule has 2 aromatic rings. The lowest BCUT2D eigenvalue weighted by Gasteiger charge is -2.15. The van der Waals surface area contributed by atoms with Crippen molar-refractivity contribution in [2.75, 3.05) is 5.73 Å². The summed E-state index contributed by atoms with van der Waals surface area (Å²) in [6.45, 7) is 2.08. The number of benzene rings is 2. The molecule has 16 heavy (non-hydrogen) atoms. The molecule has 2 rings (SSSR count). The summed E-state index contributed by atoms with van der Waals surface area (Å²) in [6.07, 6.45) is 0. The maximum Gasteiger partial charge on any atom is 0.0554 e. The van der Waals surface area contributed by atoms with E-state index in [1.807, 2.05) is 36.4 Å². The highest BCUT2D eigenvalue weighted by Gasteiger charge is 2.10. The van der Waals surface area contributed by atoms with Crippen molar-refractivity contribution in [1.82, 2.24) is 0 Å². The number of aryl methyl sites for hydroxylation is 1. The van der Waals surface area contributed by atoms with Gasteiger partial charge in [-0.05, 0) is 35.7 Å². The van der Waals surface area contributed by atoms with Gasteiger partial charge in [-0.2, -0.15) is 0 Å². The van der Waals surface area contributed by atoms with Crippen molar-refractivity contribution in [2.24, 2.45) is 5.73 Å². The summed E-state index contributed by atoms with van der Waals surface area (Å²) >= 11 is 0. The fourth-order valence-corrected chi connectivity index (χ4v) is 1.82. The van der Waals surface area contributed by atoms with Crippen LogP contribution < -0.4 is 11.5 Å². The normalized spacial score (nSPS) is 12.4. The van der Waals surface area contributed by atoms with Gasteiger partial charge in [0, 0.05) is 5.69 Å². The number of nitrogen functional groups attached to an aromatic ring is 1. The molecule has 0 fully saturated rings. The Bertz CT molecular complexity index is 474. The summed E-state index contributed by atoms with van der Waals surface area (Å²) in [5, 5.41) is 0. The lowest BCUT2D eigenvalue weighted by molar-refractivity contribution is 0.862. The highest BCUT2D eigenvalue weighted by atomic mass is 14.6. The second-order valence-corrected chi connectivity index (χ2v) is 4.00. The Hall–Kier alpha value is -1.80. The first-order valence-electron chi connectivity index (χ1n) is 5.35. The monoisotopic (exact) mass is 212 g/mol. The molecule has 4 N–H and O–H groups in total. The Morgan fingerprint density at radius 1 is 0.938 bits per heavy atom. The van der Waals surface area contributed by atoms with E-state index >= 15 is 0 Å². The molecule has 0 bridgehead atoms. The standard InChI is InChI=1S/C14H16N2/c1-10-4-2-3-5-13(10)14(16)11-6-8-12(15)9-7-11/h2-9,14H,15-16H2,1H3. The molecule has 0 aliphatic heterocycles. The molecule has 0 aromatic heterocycles. The van der Waals surface area contributed by atoms with E-state index in [-0.39, 0.29) is 6.04 Å². The summed E-state index contributed by atoms with van der Waals surface area (Å²) in [5.74, 6) is 0. The third-order valence-corrected chi connectivity index (χ3v) is 2.82. The minimum absolute atomic E-state index is 0.0817. The van der Waals surface area contributed by atoms with Gasteiger partial charge in [0.2, 0.25) is 0 Å². The van der Waals surface area contributed by atoms with Crippen LogP contribution >= 0.6 is 0 Å².